The van der Waals surface area contributed by atoms with Crippen LogP contribution in [0.25, 0.3) is 0 Å². The Hall–Kier alpha value is -2.39. The number of carbonyl (C=O) groups is 1. The Balaban J connectivity index is 5.63. The molecule has 154 valence electrons. The highest BCUT2D eigenvalue weighted by atomic mass is 16.3. The predicted molar refractivity (Wildman–Crippen MR) is 122 cm³/mol. The fraction of sp³-hybridized carbons (Fsp3) is 0.400. The van der Waals surface area contributed by atoms with Crippen molar-refractivity contribution in [2.75, 3.05) is 20.2 Å². The van der Waals surface area contributed by atoms with Crippen LogP contribution in [0, 0.1) is 0 Å². The third-order valence-corrected chi connectivity index (χ3v) is 4.35. The molecule has 0 radical (unpaired) electrons. The van der Waals surface area contributed by atoms with Crippen molar-refractivity contribution in [3.05, 3.63) is 83.6 Å². The molecule has 0 rings (SSSR count). The molecule has 0 unspecified atom stereocenters. The first-order chi connectivity index (χ1) is 13.4. The van der Waals surface area contributed by atoms with Crippen molar-refractivity contribution in [1.29, 1.82) is 0 Å². The lowest BCUT2D eigenvalue weighted by Gasteiger charge is -2.17. The van der Waals surface area contributed by atoms with Gasteiger partial charge in [-0.3, -0.25) is 4.79 Å². The summed E-state index contributed by atoms with van der Waals surface area (Å²) >= 11 is 0. The summed E-state index contributed by atoms with van der Waals surface area (Å²) in [6, 6.07) is 0. The average molecular weight is 384 g/mol. The number of hydrogen-bond acceptors (Lipinski definition) is 2. The highest BCUT2D eigenvalue weighted by Crippen LogP contribution is 2.27. The van der Waals surface area contributed by atoms with Gasteiger partial charge in [0.2, 0.25) is 5.91 Å². The topological polar surface area (TPSA) is 40.5 Å². The van der Waals surface area contributed by atoms with Crippen molar-refractivity contribution in [2.45, 2.75) is 47.0 Å². The Kier molecular flexibility index (Phi) is 13.4. The SMILES string of the molecule is C=C/C=C(C)/C(C(=C)/C=C\C/C(=C\C)C(=O)N(C)CCO)=C(/C=C/C)CCC. The summed E-state index contributed by atoms with van der Waals surface area (Å²) < 4.78 is 0. The maximum Gasteiger partial charge on any atom is 0.249 e. The van der Waals surface area contributed by atoms with Gasteiger partial charge < -0.3 is 10.0 Å². The lowest BCUT2D eigenvalue weighted by atomic mass is 9.91. The molecule has 0 aliphatic rings. The predicted octanol–water partition coefficient (Wildman–Crippen LogP) is 5.69. The molecule has 0 saturated carbocycles. The smallest absolute Gasteiger partial charge is 0.249 e. The van der Waals surface area contributed by atoms with Crippen LogP contribution in [-0.2, 0) is 4.79 Å². The molecular weight excluding hydrogens is 346 g/mol. The number of aliphatic hydroxyl groups is 1. The second-order valence-corrected chi connectivity index (χ2v) is 6.63. The Morgan fingerprint density at radius 2 is 1.89 bits per heavy atom. The summed E-state index contributed by atoms with van der Waals surface area (Å²) in [5.41, 5.74) is 5.12. The molecule has 0 aromatic heterocycles. The van der Waals surface area contributed by atoms with E-state index in [9.17, 15) is 4.79 Å². The Labute approximate surface area is 171 Å². The van der Waals surface area contributed by atoms with Crippen molar-refractivity contribution in [2.24, 2.45) is 0 Å². The molecule has 0 bridgehead atoms. The molecule has 0 fully saturated rings. The molecule has 3 heteroatoms. The monoisotopic (exact) mass is 383 g/mol. The first kappa shape index (κ1) is 25.6. The first-order valence-corrected chi connectivity index (χ1v) is 9.90. The second-order valence-electron chi connectivity index (χ2n) is 6.63. The van der Waals surface area contributed by atoms with Crippen LogP contribution in [0.1, 0.15) is 47.0 Å². The normalized spacial score (nSPS) is 13.8. The minimum atomic E-state index is -0.0640. The van der Waals surface area contributed by atoms with Gasteiger partial charge in [-0.15, -0.1) is 0 Å². The van der Waals surface area contributed by atoms with Crippen LogP contribution in [-0.4, -0.2) is 36.1 Å². The Morgan fingerprint density at radius 1 is 1.21 bits per heavy atom. The van der Waals surface area contributed by atoms with Gasteiger partial charge in [0.25, 0.3) is 0 Å². The van der Waals surface area contributed by atoms with E-state index in [2.05, 4.69) is 39.2 Å². The number of rotatable bonds is 12. The molecule has 0 atom stereocenters. The summed E-state index contributed by atoms with van der Waals surface area (Å²) in [4.78, 5) is 13.9. The van der Waals surface area contributed by atoms with E-state index in [0.717, 1.165) is 29.6 Å². The van der Waals surface area contributed by atoms with E-state index >= 15 is 0 Å². The molecule has 0 saturated heterocycles. The number of allylic oxidation sites excluding steroid dienone is 11. The summed E-state index contributed by atoms with van der Waals surface area (Å²) in [5, 5.41) is 9.02. The third kappa shape index (κ3) is 8.53. The molecule has 28 heavy (non-hydrogen) atoms. The number of amides is 1. The Bertz CT molecular complexity index is 687. The first-order valence-electron chi connectivity index (χ1n) is 9.90. The van der Waals surface area contributed by atoms with Crippen molar-refractivity contribution in [3.8, 4) is 0 Å². The van der Waals surface area contributed by atoms with Gasteiger partial charge in [-0.1, -0.05) is 69.0 Å². The van der Waals surface area contributed by atoms with E-state index in [-0.39, 0.29) is 12.5 Å². The second kappa shape index (κ2) is 14.6. The lowest BCUT2D eigenvalue weighted by Crippen LogP contribution is -2.30. The van der Waals surface area contributed by atoms with Gasteiger partial charge in [-0.2, -0.15) is 0 Å². The fourth-order valence-corrected chi connectivity index (χ4v) is 2.97. The summed E-state index contributed by atoms with van der Waals surface area (Å²) in [7, 11) is 1.70. The van der Waals surface area contributed by atoms with Gasteiger partial charge in [0.15, 0.2) is 0 Å². The van der Waals surface area contributed by atoms with Crippen LogP contribution < -0.4 is 0 Å². The fourth-order valence-electron chi connectivity index (χ4n) is 2.97. The molecule has 0 aliphatic carbocycles. The number of nitrogens with zero attached hydrogens (tertiary/aromatic N) is 1. The maximum absolute atomic E-state index is 12.4. The van der Waals surface area contributed by atoms with Crippen LogP contribution in [0.4, 0.5) is 0 Å². The molecular formula is C25H37NO2. The minimum absolute atomic E-state index is 0.0416. The molecule has 0 aromatic carbocycles. The number of carbonyl (C=O) groups excluding carboxylic acids is 1. The van der Waals surface area contributed by atoms with Crippen LogP contribution in [0.2, 0.25) is 0 Å². The van der Waals surface area contributed by atoms with Gasteiger partial charge in [0, 0.05) is 19.2 Å². The summed E-state index contributed by atoms with van der Waals surface area (Å²) in [6.45, 7) is 16.5. The standard InChI is InChI=1S/C25H37NO2/c1-8-13-20(5)24(23(14-9-2)15-10-3)21(6)16-12-17-22(11-4)25(28)26(7)18-19-27/h8-9,11-14,16,27H,1,6,10,15,17-19H2,2-5,7H3/b14-9+,16-12-,20-13+,22-11+,24-23+. The van der Waals surface area contributed by atoms with Crippen LogP contribution in [0.5, 0.6) is 0 Å². The van der Waals surface area contributed by atoms with Crippen molar-refractivity contribution in [3.63, 3.8) is 0 Å². The summed E-state index contributed by atoms with van der Waals surface area (Å²) in [6.07, 6.45) is 16.3. The van der Waals surface area contributed by atoms with E-state index in [1.165, 1.54) is 10.5 Å². The zero-order chi connectivity index (χ0) is 21.5. The lowest BCUT2D eigenvalue weighted by molar-refractivity contribution is -0.126. The van der Waals surface area contributed by atoms with Gasteiger partial charge in [-0.25, -0.2) is 0 Å². The molecule has 0 heterocycles. The van der Waals surface area contributed by atoms with Gasteiger partial charge in [-0.05, 0) is 55.9 Å². The molecule has 1 amide bonds. The maximum atomic E-state index is 12.4. The zero-order valence-electron chi connectivity index (χ0n) is 18.3. The number of aliphatic hydroxyl groups excluding tert-OH is 1. The largest absolute Gasteiger partial charge is 0.395 e. The van der Waals surface area contributed by atoms with Crippen LogP contribution in [0.15, 0.2) is 83.6 Å². The van der Waals surface area contributed by atoms with Crippen molar-refractivity contribution < 1.29 is 9.90 Å². The zero-order valence-corrected chi connectivity index (χ0v) is 18.3. The molecule has 0 spiro atoms. The van der Waals surface area contributed by atoms with E-state index < -0.39 is 0 Å². The number of hydrogen-bond donors (Lipinski definition) is 1. The molecule has 3 nitrogen and oxygen atoms in total. The van der Waals surface area contributed by atoms with Crippen LogP contribution >= 0.6 is 0 Å². The summed E-state index contributed by atoms with van der Waals surface area (Å²) in [5.74, 6) is -0.0640. The van der Waals surface area contributed by atoms with Gasteiger partial charge in [0.1, 0.15) is 0 Å². The van der Waals surface area contributed by atoms with E-state index in [1.807, 2.05) is 38.2 Å². The minimum Gasteiger partial charge on any atom is -0.395 e. The van der Waals surface area contributed by atoms with Crippen molar-refractivity contribution >= 4 is 5.91 Å². The molecule has 0 aromatic rings. The highest BCUT2D eigenvalue weighted by molar-refractivity contribution is 5.93. The van der Waals surface area contributed by atoms with Crippen molar-refractivity contribution in [1.82, 2.24) is 4.90 Å². The van der Waals surface area contributed by atoms with E-state index in [1.54, 1.807) is 13.1 Å². The number of likely N-dealkylation sites (N-methyl/N-ethyl adjacent to an activating group) is 1. The molecule has 0 aliphatic heterocycles. The van der Waals surface area contributed by atoms with Crippen LogP contribution in [0.3, 0.4) is 0 Å². The average Bonchev–Trinajstić information content (AvgIpc) is 2.65. The molecule has 1 N–H and O–H groups in total. The Morgan fingerprint density at radius 3 is 2.39 bits per heavy atom. The highest BCUT2D eigenvalue weighted by Gasteiger charge is 2.13. The van der Waals surface area contributed by atoms with E-state index in [4.69, 9.17) is 5.11 Å². The van der Waals surface area contributed by atoms with Gasteiger partial charge in [0.05, 0.1) is 6.61 Å². The quantitative estimate of drug-likeness (QED) is 0.347. The third-order valence-electron chi connectivity index (χ3n) is 4.35. The van der Waals surface area contributed by atoms with Gasteiger partial charge >= 0.3 is 0 Å². The van der Waals surface area contributed by atoms with E-state index in [0.29, 0.717) is 18.5 Å².